The summed E-state index contributed by atoms with van der Waals surface area (Å²) in [6, 6.07) is 0. The third kappa shape index (κ3) is 0.978. The quantitative estimate of drug-likeness (QED) is 0.517. The molecule has 12 heavy (non-hydrogen) atoms. The molecule has 1 aromatic rings. The van der Waals surface area contributed by atoms with Crippen molar-refractivity contribution < 1.29 is 15.3 Å². The average molecular weight is 168 g/mol. The van der Waals surface area contributed by atoms with E-state index in [9.17, 15) is 15.3 Å². The lowest BCUT2D eigenvalue weighted by atomic mass is 10.0. The SMILES string of the molecule is Cc1c(C)c(O)c(O)c(O)c1C. The molecule has 0 aliphatic carbocycles. The van der Waals surface area contributed by atoms with Gasteiger partial charge in [-0.2, -0.15) is 0 Å². The molecule has 0 saturated heterocycles. The van der Waals surface area contributed by atoms with E-state index in [-0.39, 0.29) is 11.5 Å². The maximum atomic E-state index is 9.28. The van der Waals surface area contributed by atoms with Crippen molar-refractivity contribution in [3.05, 3.63) is 16.7 Å². The molecule has 0 unspecified atom stereocenters. The molecular formula is C9H12O3. The topological polar surface area (TPSA) is 60.7 Å². The van der Waals surface area contributed by atoms with Crippen LogP contribution in [0.4, 0.5) is 0 Å². The second-order valence-corrected chi connectivity index (χ2v) is 2.92. The summed E-state index contributed by atoms with van der Waals surface area (Å²) < 4.78 is 0. The van der Waals surface area contributed by atoms with E-state index in [1.54, 1.807) is 20.8 Å². The second-order valence-electron chi connectivity index (χ2n) is 2.92. The lowest BCUT2D eigenvalue weighted by Crippen LogP contribution is -1.88. The molecule has 0 aliphatic heterocycles. The van der Waals surface area contributed by atoms with Crippen LogP contribution in [0.3, 0.4) is 0 Å². The van der Waals surface area contributed by atoms with Crippen LogP contribution < -0.4 is 0 Å². The first kappa shape index (κ1) is 8.71. The highest BCUT2D eigenvalue weighted by atomic mass is 16.3. The Morgan fingerprint density at radius 3 is 1.25 bits per heavy atom. The van der Waals surface area contributed by atoms with E-state index < -0.39 is 5.75 Å². The molecule has 3 heteroatoms. The Bertz CT molecular complexity index is 224. The van der Waals surface area contributed by atoms with E-state index >= 15 is 0 Å². The van der Waals surface area contributed by atoms with Crippen LogP contribution in [-0.4, -0.2) is 15.3 Å². The van der Waals surface area contributed by atoms with Gasteiger partial charge in [0.25, 0.3) is 0 Å². The van der Waals surface area contributed by atoms with Crippen molar-refractivity contribution in [2.75, 3.05) is 0 Å². The minimum absolute atomic E-state index is 0.240. The molecule has 0 fully saturated rings. The lowest BCUT2D eigenvalue weighted by molar-refractivity contribution is 0.363. The maximum absolute atomic E-state index is 9.28. The molecular weight excluding hydrogens is 156 g/mol. The summed E-state index contributed by atoms with van der Waals surface area (Å²) >= 11 is 0. The first-order valence-corrected chi connectivity index (χ1v) is 3.67. The molecule has 0 saturated carbocycles. The minimum Gasteiger partial charge on any atom is -0.504 e. The summed E-state index contributed by atoms with van der Waals surface area (Å²) in [6.45, 7) is 5.16. The van der Waals surface area contributed by atoms with Crippen molar-refractivity contribution >= 4 is 0 Å². The minimum atomic E-state index is -0.435. The summed E-state index contributed by atoms with van der Waals surface area (Å²) in [5, 5.41) is 27.8. The summed E-state index contributed by atoms with van der Waals surface area (Å²) in [7, 11) is 0. The fourth-order valence-electron chi connectivity index (χ4n) is 1.10. The van der Waals surface area contributed by atoms with Crippen LogP contribution in [0.25, 0.3) is 0 Å². The first-order chi connectivity index (χ1) is 5.46. The Morgan fingerprint density at radius 2 is 0.917 bits per heavy atom. The van der Waals surface area contributed by atoms with Gasteiger partial charge in [0.15, 0.2) is 11.5 Å². The van der Waals surface area contributed by atoms with Gasteiger partial charge in [-0.15, -0.1) is 0 Å². The molecule has 0 aromatic heterocycles. The van der Waals surface area contributed by atoms with Crippen molar-refractivity contribution in [2.45, 2.75) is 20.8 Å². The van der Waals surface area contributed by atoms with E-state index in [0.717, 1.165) is 5.56 Å². The van der Waals surface area contributed by atoms with E-state index in [1.165, 1.54) is 0 Å². The molecule has 3 nitrogen and oxygen atoms in total. The Balaban J connectivity index is 3.60. The summed E-state index contributed by atoms with van der Waals surface area (Å²) in [5.41, 5.74) is 1.99. The smallest absolute Gasteiger partial charge is 0.200 e. The third-order valence-corrected chi connectivity index (χ3v) is 2.28. The second kappa shape index (κ2) is 2.59. The zero-order valence-corrected chi connectivity index (χ0v) is 7.34. The first-order valence-electron chi connectivity index (χ1n) is 3.67. The highest BCUT2D eigenvalue weighted by Crippen LogP contribution is 2.41. The maximum Gasteiger partial charge on any atom is 0.200 e. The molecule has 0 amide bonds. The van der Waals surface area contributed by atoms with Gasteiger partial charge in [0.05, 0.1) is 0 Å². The van der Waals surface area contributed by atoms with Crippen LogP contribution in [-0.2, 0) is 0 Å². The largest absolute Gasteiger partial charge is 0.504 e. The number of hydrogen-bond donors (Lipinski definition) is 3. The van der Waals surface area contributed by atoms with Crippen LogP contribution in [0, 0.1) is 20.8 Å². The molecule has 66 valence electrons. The molecule has 1 rings (SSSR count). The number of rotatable bonds is 0. The fourth-order valence-corrected chi connectivity index (χ4v) is 1.10. The monoisotopic (exact) mass is 168 g/mol. The molecule has 1 aromatic carbocycles. The van der Waals surface area contributed by atoms with E-state index in [2.05, 4.69) is 0 Å². The molecule has 0 heterocycles. The highest BCUT2D eigenvalue weighted by Gasteiger charge is 2.14. The zero-order valence-electron chi connectivity index (χ0n) is 7.34. The van der Waals surface area contributed by atoms with Gasteiger partial charge in [0.1, 0.15) is 0 Å². The Labute approximate surface area is 70.9 Å². The zero-order chi connectivity index (χ0) is 9.46. The predicted molar refractivity (Wildman–Crippen MR) is 45.6 cm³/mol. The van der Waals surface area contributed by atoms with Crippen molar-refractivity contribution in [3.8, 4) is 17.2 Å². The normalized spacial score (nSPS) is 10.2. The van der Waals surface area contributed by atoms with Crippen LogP contribution in [0.1, 0.15) is 16.7 Å². The molecule has 0 radical (unpaired) electrons. The van der Waals surface area contributed by atoms with E-state index in [0.29, 0.717) is 11.1 Å². The summed E-state index contributed by atoms with van der Waals surface area (Å²) in [4.78, 5) is 0. The van der Waals surface area contributed by atoms with Crippen molar-refractivity contribution in [1.82, 2.24) is 0 Å². The average Bonchev–Trinajstić information content (AvgIpc) is 2.08. The van der Waals surface area contributed by atoms with Crippen LogP contribution >= 0.6 is 0 Å². The van der Waals surface area contributed by atoms with E-state index in [4.69, 9.17) is 0 Å². The van der Waals surface area contributed by atoms with Gasteiger partial charge in [0.2, 0.25) is 5.75 Å². The Kier molecular flexibility index (Phi) is 1.88. The molecule has 0 spiro atoms. The van der Waals surface area contributed by atoms with Crippen LogP contribution in [0.15, 0.2) is 0 Å². The van der Waals surface area contributed by atoms with Gasteiger partial charge >= 0.3 is 0 Å². The third-order valence-electron chi connectivity index (χ3n) is 2.28. The molecule has 0 aliphatic rings. The molecule has 3 N–H and O–H groups in total. The predicted octanol–water partition coefficient (Wildman–Crippen LogP) is 1.73. The van der Waals surface area contributed by atoms with Gasteiger partial charge in [-0.05, 0) is 37.5 Å². The summed E-state index contributed by atoms with van der Waals surface area (Å²) in [6.07, 6.45) is 0. The fraction of sp³-hybridized carbons (Fsp3) is 0.333. The van der Waals surface area contributed by atoms with Crippen molar-refractivity contribution in [1.29, 1.82) is 0 Å². The van der Waals surface area contributed by atoms with Gasteiger partial charge in [-0.3, -0.25) is 0 Å². The van der Waals surface area contributed by atoms with Gasteiger partial charge < -0.3 is 15.3 Å². The van der Waals surface area contributed by atoms with Crippen LogP contribution in [0.5, 0.6) is 17.2 Å². The Hall–Kier alpha value is -1.38. The number of benzene rings is 1. The number of hydrogen-bond acceptors (Lipinski definition) is 3. The van der Waals surface area contributed by atoms with E-state index in [1.807, 2.05) is 0 Å². The standard InChI is InChI=1S/C9H12O3/c1-4-5(2)7(10)9(12)8(11)6(4)3/h10-12H,1-3H3. The molecule has 0 atom stereocenters. The van der Waals surface area contributed by atoms with Gasteiger partial charge in [0, 0.05) is 0 Å². The van der Waals surface area contributed by atoms with Crippen molar-refractivity contribution in [2.24, 2.45) is 0 Å². The Morgan fingerprint density at radius 1 is 0.583 bits per heavy atom. The number of aromatic hydroxyl groups is 3. The highest BCUT2D eigenvalue weighted by molar-refractivity contribution is 5.60. The van der Waals surface area contributed by atoms with Gasteiger partial charge in [-0.1, -0.05) is 0 Å². The number of phenolic OH excluding ortho intramolecular Hbond substituents is 3. The number of phenols is 3. The van der Waals surface area contributed by atoms with Crippen LogP contribution in [0.2, 0.25) is 0 Å². The molecule has 0 bridgehead atoms. The van der Waals surface area contributed by atoms with Crippen molar-refractivity contribution in [3.63, 3.8) is 0 Å². The lowest BCUT2D eigenvalue weighted by Gasteiger charge is -2.10. The summed E-state index contributed by atoms with van der Waals surface area (Å²) in [5.74, 6) is -0.915. The van der Waals surface area contributed by atoms with Gasteiger partial charge in [-0.25, -0.2) is 0 Å².